The Hall–Kier alpha value is -0.580. The lowest BCUT2D eigenvalue weighted by Gasteiger charge is -2.15. The molecule has 0 bridgehead atoms. The number of nitrogens with zero attached hydrogens (tertiary/aromatic N) is 1. The first-order chi connectivity index (χ1) is 7.16. The Balaban J connectivity index is 2.24. The highest BCUT2D eigenvalue weighted by atomic mass is 127. The van der Waals surface area contributed by atoms with Gasteiger partial charge in [0.05, 0.1) is 0 Å². The van der Waals surface area contributed by atoms with Gasteiger partial charge < -0.3 is 4.90 Å². The van der Waals surface area contributed by atoms with Gasteiger partial charge in [0, 0.05) is 22.2 Å². The Labute approximate surface area is 104 Å². The van der Waals surface area contributed by atoms with E-state index in [1.807, 2.05) is 24.0 Å². The number of rotatable bonds is 1. The molecule has 1 fully saturated rings. The second kappa shape index (κ2) is 4.51. The Morgan fingerprint density at radius 3 is 2.53 bits per heavy atom. The quantitative estimate of drug-likeness (QED) is 0.730. The smallest absolute Gasteiger partial charge is 0.253 e. The van der Waals surface area contributed by atoms with Crippen molar-refractivity contribution in [1.82, 2.24) is 4.90 Å². The van der Waals surface area contributed by atoms with Gasteiger partial charge >= 0.3 is 0 Å². The van der Waals surface area contributed by atoms with Crippen LogP contribution in [0.5, 0.6) is 0 Å². The highest BCUT2D eigenvalue weighted by Gasteiger charge is 2.19. The number of carbonyl (C=O) groups is 1. The van der Waals surface area contributed by atoms with Gasteiger partial charge in [-0.2, -0.15) is 0 Å². The molecular weight excluding hydrogens is 301 g/mol. The Morgan fingerprint density at radius 2 is 1.93 bits per heavy atom. The van der Waals surface area contributed by atoms with Crippen LogP contribution in [-0.4, -0.2) is 23.9 Å². The van der Waals surface area contributed by atoms with Crippen LogP contribution in [-0.2, 0) is 0 Å². The van der Waals surface area contributed by atoms with Gasteiger partial charge in [0.1, 0.15) is 0 Å². The predicted molar refractivity (Wildman–Crippen MR) is 69.0 cm³/mol. The molecule has 3 heteroatoms. The number of aryl methyl sites for hydroxylation is 1. The van der Waals surface area contributed by atoms with Crippen LogP contribution in [0.1, 0.15) is 28.8 Å². The van der Waals surface area contributed by atoms with Crippen LogP contribution in [0.3, 0.4) is 0 Å². The Kier molecular flexibility index (Phi) is 3.29. The first-order valence-corrected chi connectivity index (χ1v) is 6.31. The first-order valence-electron chi connectivity index (χ1n) is 5.23. The van der Waals surface area contributed by atoms with Gasteiger partial charge in [0.2, 0.25) is 0 Å². The SMILES string of the molecule is Cc1cc(I)cc(C(=O)N2CCCC2)c1. The molecule has 0 saturated carbocycles. The number of hydrogen-bond donors (Lipinski definition) is 0. The third kappa shape index (κ3) is 2.51. The van der Waals surface area contributed by atoms with Crippen LogP contribution in [0.25, 0.3) is 0 Å². The lowest BCUT2D eigenvalue weighted by Crippen LogP contribution is -2.27. The van der Waals surface area contributed by atoms with Crippen LogP contribution in [0.2, 0.25) is 0 Å². The zero-order valence-electron chi connectivity index (χ0n) is 8.79. The van der Waals surface area contributed by atoms with Crippen molar-refractivity contribution in [3.63, 3.8) is 0 Å². The number of amides is 1. The van der Waals surface area contributed by atoms with Gasteiger partial charge in [-0.3, -0.25) is 4.79 Å². The monoisotopic (exact) mass is 315 g/mol. The zero-order chi connectivity index (χ0) is 10.8. The standard InChI is InChI=1S/C12H14INO/c1-9-6-10(8-11(13)7-9)12(15)14-4-2-3-5-14/h6-8H,2-5H2,1H3. The maximum absolute atomic E-state index is 12.1. The fourth-order valence-electron chi connectivity index (χ4n) is 1.96. The largest absolute Gasteiger partial charge is 0.339 e. The minimum absolute atomic E-state index is 0.189. The lowest BCUT2D eigenvalue weighted by atomic mass is 10.1. The van der Waals surface area contributed by atoms with Crippen molar-refractivity contribution in [1.29, 1.82) is 0 Å². The molecule has 2 rings (SSSR count). The minimum Gasteiger partial charge on any atom is -0.339 e. The van der Waals surface area contributed by atoms with E-state index < -0.39 is 0 Å². The van der Waals surface area contributed by atoms with Crippen molar-refractivity contribution in [2.24, 2.45) is 0 Å². The molecule has 80 valence electrons. The van der Waals surface area contributed by atoms with E-state index in [0.717, 1.165) is 40.6 Å². The Morgan fingerprint density at radius 1 is 1.27 bits per heavy atom. The highest BCUT2D eigenvalue weighted by molar-refractivity contribution is 14.1. The van der Waals surface area contributed by atoms with Crippen LogP contribution in [0.4, 0.5) is 0 Å². The molecule has 0 radical (unpaired) electrons. The molecule has 0 aromatic heterocycles. The van der Waals surface area contributed by atoms with E-state index in [2.05, 4.69) is 28.7 Å². The number of halogens is 1. The summed E-state index contributed by atoms with van der Waals surface area (Å²) in [5.41, 5.74) is 1.99. The summed E-state index contributed by atoms with van der Waals surface area (Å²) in [6, 6.07) is 6.03. The average molecular weight is 315 g/mol. The van der Waals surface area contributed by atoms with Crippen molar-refractivity contribution in [3.8, 4) is 0 Å². The lowest BCUT2D eigenvalue weighted by molar-refractivity contribution is 0.0792. The molecule has 0 aliphatic carbocycles. The van der Waals surface area contributed by atoms with Crippen LogP contribution >= 0.6 is 22.6 Å². The molecule has 1 aliphatic rings. The molecular formula is C12H14INO. The Bertz CT molecular complexity index is 363. The van der Waals surface area contributed by atoms with Crippen LogP contribution < -0.4 is 0 Å². The predicted octanol–water partition coefficient (Wildman–Crippen LogP) is 2.84. The summed E-state index contributed by atoms with van der Waals surface area (Å²) in [6.07, 6.45) is 2.29. The van der Waals surface area contributed by atoms with E-state index in [4.69, 9.17) is 0 Å². The van der Waals surface area contributed by atoms with E-state index in [0.29, 0.717) is 0 Å². The molecule has 1 aliphatic heterocycles. The molecule has 0 N–H and O–H groups in total. The van der Waals surface area contributed by atoms with E-state index in [1.165, 1.54) is 0 Å². The summed E-state index contributed by atoms with van der Waals surface area (Å²) in [5, 5.41) is 0. The zero-order valence-corrected chi connectivity index (χ0v) is 11.0. The maximum Gasteiger partial charge on any atom is 0.253 e. The van der Waals surface area contributed by atoms with Gasteiger partial charge in [-0.25, -0.2) is 0 Å². The van der Waals surface area contributed by atoms with Gasteiger partial charge in [0.15, 0.2) is 0 Å². The van der Waals surface area contributed by atoms with Gasteiger partial charge in [0.25, 0.3) is 5.91 Å². The first kappa shape index (κ1) is 10.9. The maximum atomic E-state index is 12.1. The molecule has 1 aromatic rings. The highest BCUT2D eigenvalue weighted by Crippen LogP contribution is 2.16. The summed E-state index contributed by atoms with van der Waals surface area (Å²) < 4.78 is 1.13. The summed E-state index contributed by atoms with van der Waals surface area (Å²) in [4.78, 5) is 14.0. The van der Waals surface area contributed by atoms with E-state index in [1.54, 1.807) is 0 Å². The van der Waals surface area contributed by atoms with Crippen molar-refractivity contribution in [3.05, 3.63) is 32.9 Å². The van der Waals surface area contributed by atoms with Gasteiger partial charge in [-0.05, 0) is 66.1 Å². The molecule has 0 spiro atoms. The van der Waals surface area contributed by atoms with E-state index >= 15 is 0 Å². The molecule has 0 atom stereocenters. The summed E-state index contributed by atoms with van der Waals surface area (Å²) in [7, 11) is 0. The fraction of sp³-hybridized carbons (Fsp3) is 0.417. The van der Waals surface area contributed by atoms with Crippen molar-refractivity contribution in [2.45, 2.75) is 19.8 Å². The van der Waals surface area contributed by atoms with Gasteiger partial charge in [-0.1, -0.05) is 0 Å². The summed E-state index contributed by atoms with van der Waals surface area (Å²) in [6.45, 7) is 3.87. The third-order valence-corrected chi connectivity index (χ3v) is 3.31. The van der Waals surface area contributed by atoms with Crippen molar-refractivity contribution >= 4 is 28.5 Å². The third-order valence-electron chi connectivity index (χ3n) is 2.68. The fourth-order valence-corrected chi connectivity index (χ4v) is 2.79. The summed E-state index contributed by atoms with van der Waals surface area (Å²) in [5.74, 6) is 0.189. The molecule has 0 unspecified atom stereocenters. The normalized spacial score (nSPS) is 15.7. The number of likely N-dealkylation sites (tertiary alicyclic amines) is 1. The molecule has 15 heavy (non-hydrogen) atoms. The number of carbonyl (C=O) groups excluding carboxylic acids is 1. The molecule has 1 amide bonds. The van der Waals surface area contributed by atoms with Crippen LogP contribution in [0.15, 0.2) is 18.2 Å². The second-order valence-electron chi connectivity index (χ2n) is 4.02. The molecule has 1 saturated heterocycles. The van der Waals surface area contributed by atoms with Crippen LogP contribution in [0, 0.1) is 10.5 Å². The van der Waals surface area contributed by atoms with E-state index in [-0.39, 0.29) is 5.91 Å². The molecule has 1 aromatic carbocycles. The summed E-state index contributed by atoms with van der Waals surface area (Å²) >= 11 is 2.26. The van der Waals surface area contributed by atoms with Crippen molar-refractivity contribution in [2.75, 3.05) is 13.1 Å². The number of hydrogen-bond acceptors (Lipinski definition) is 1. The molecule has 1 heterocycles. The number of benzene rings is 1. The van der Waals surface area contributed by atoms with Gasteiger partial charge in [-0.15, -0.1) is 0 Å². The minimum atomic E-state index is 0.189. The average Bonchev–Trinajstić information content (AvgIpc) is 2.67. The van der Waals surface area contributed by atoms with E-state index in [9.17, 15) is 4.79 Å². The molecule has 2 nitrogen and oxygen atoms in total. The topological polar surface area (TPSA) is 20.3 Å². The van der Waals surface area contributed by atoms with Crippen molar-refractivity contribution < 1.29 is 4.79 Å². The second-order valence-corrected chi connectivity index (χ2v) is 5.26.